The van der Waals surface area contributed by atoms with Crippen LogP contribution in [0.5, 0.6) is 34.5 Å². The van der Waals surface area contributed by atoms with Gasteiger partial charge in [-0.05, 0) is 83.9 Å². The van der Waals surface area contributed by atoms with E-state index in [1.807, 2.05) is 125 Å². The van der Waals surface area contributed by atoms with Crippen molar-refractivity contribution in [3.8, 4) is 72.0 Å². The summed E-state index contributed by atoms with van der Waals surface area (Å²) >= 11 is 0. The number of benzene rings is 6. The molecule has 0 aliphatic heterocycles. The number of hydrogen-bond acceptors (Lipinski definition) is 12. The van der Waals surface area contributed by atoms with E-state index in [9.17, 15) is 0 Å². The number of ether oxygens (including phenoxy) is 6. The first-order chi connectivity index (χ1) is 32.6. The van der Waals surface area contributed by atoms with Crippen molar-refractivity contribution in [2.75, 3.05) is 0 Å². The largest absolute Gasteiger partial charge is 0.388 e. The fraction of sp³-hybridized carbons (Fsp3) is 0.236. The Morgan fingerprint density at radius 2 is 0.448 bits per heavy atom. The number of nitrogens with zero attached hydrogens (tertiary/aromatic N) is 6. The lowest BCUT2D eigenvalue weighted by Crippen LogP contribution is -2.18. The second-order valence-corrected chi connectivity index (χ2v) is 12.5. The van der Waals surface area contributed by atoms with Gasteiger partial charge in [-0.25, -0.2) is 0 Å². The molecule has 6 aromatic carbocycles. The van der Waals surface area contributed by atoms with Crippen molar-refractivity contribution in [3.63, 3.8) is 0 Å². The third-order valence-electron chi connectivity index (χ3n) is 7.11. The predicted molar refractivity (Wildman–Crippen MR) is 263 cm³/mol. The van der Waals surface area contributed by atoms with Gasteiger partial charge >= 0.3 is 0 Å². The SMILES string of the molecule is CC.CC.CC(C)(c1ccc(OC#N)cc1)c1ccc(OC#N)cc1.CCC.CCC.N#COc1ccccc1.N#COc1ccccc1.N#COc1ccccc1.N#COc1ccccc1. The summed E-state index contributed by atoms with van der Waals surface area (Å²) in [5.41, 5.74) is 1.99. The van der Waals surface area contributed by atoms with Crippen LogP contribution in [-0.4, -0.2) is 0 Å². The molecule has 0 aliphatic carbocycles. The summed E-state index contributed by atoms with van der Waals surface area (Å²) in [5, 5.41) is 49.2. The summed E-state index contributed by atoms with van der Waals surface area (Å²) in [7, 11) is 0. The summed E-state index contributed by atoms with van der Waals surface area (Å²) in [4.78, 5) is 0. The maximum Gasteiger partial charge on any atom is 0.292 e. The van der Waals surface area contributed by atoms with Crippen molar-refractivity contribution < 1.29 is 28.4 Å². The summed E-state index contributed by atoms with van der Waals surface area (Å²) in [6.45, 7) is 20.7. The van der Waals surface area contributed by atoms with Gasteiger partial charge in [0.1, 0.15) is 34.5 Å². The van der Waals surface area contributed by atoms with E-state index < -0.39 is 0 Å². The topological polar surface area (TPSA) is 198 Å². The molecule has 0 bridgehead atoms. The van der Waals surface area contributed by atoms with Gasteiger partial charge in [0.05, 0.1) is 0 Å². The molecule has 0 heterocycles. The quantitative estimate of drug-likeness (QED) is 0.131. The first-order valence-electron chi connectivity index (χ1n) is 21.4. The lowest BCUT2D eigenvalue weighted by Gasteiger charge is -2.26. The Bertz CT molecular complexity index is 2040. The minimum atomic E-state index is -0.212. The van der Waals surface area contributed by atoms with E-state index in [1.165, 1.54) is 12.8 Å². The highest BCUT2D eigenvalue weighted by atomic mass is 16.5. The molecule has 6 rings (SSSR count). The van der Waals surface area contributed by atoms with Crippen molar-refractivity contribution in [1.82, 2.24) is 0 Å². The molecule has 0 radical (unpaired) electrons. The van der Waals surface area contributed by atoms with Crippen LogP contribution in [0.2, 0.25) is 0 Å². The van der Waals surface area contributed by atoms with E-state index in [-0.39, 0.29) is 5.41 Å². The highest BCUT2D eigenvalue weighted by Crippen LogP contribution is 2.33. The Kier molecular flexibility index (Phi) is 42.0. The summed E-state index contributed by atoms with van der Waals surface area (Å²) in [6.07, 6.45) is 12.1. The van der Waals surface area contributed by atoms with Crippen LogP contribution in [0.3, 0.4) is 0 Å². The molecule has 0 spiro atoms. The van der Waals surface area contributed by atoms with Gasteiger partial charge in [0, 0.05) is 5.41 Å². The minimum absolute atomic E-state index is 0.212. The van der Waals surface area contributed by atoms with E-state index in [1.54, 1.807) is 110 Å². The Hall–Kier alpha value is -8.94. The second-order valence-electron chi connectivity index (χ2n) is 12.5. The van der Waals surface area contributed by atoms with Gasteiger partial charge in [0.25, 0.3) is 37.5 Å². The average Bonchev–Trinajstić information content (AvgIpc) is 3.37. The van der Waals surface area contributed by atoms with Gasteiger partial charge in [0.2, 0.25) is 0 Å². The van der Waals surface area contributed by atoms with E-state index in [4.69, 9.17) is 41.0 Å². The predicted octanol–water partition coefficient (Wildman–Crippen LogP) is 14.8. The van der Waals surface area contributed by atoms with Gasteiger partial charge in [-0.2, -0.15) is 0 Å². The molecule has 0 unspecified atom stereocenters. The molecule has 12 nitrogen and oxygen atoms in total. The van der Waals surface area contributed by atoms with Gasteiger partial charge in [0.15, 0.2) is 0 Å². The third kappa shape index (κ3) is 32.4. The Morgan fingerprint density at radius 3 is 0.597 bits per heavy atom. The van der Waals surface area contributed by atoms with E-state index in [0.29, 0.717) is 34.5 Å². The first-order valence-corrected chi connectivity index (χ1v) is 21.4. The molecule has 0 atom stereocenters. The zero-order chi connectivity index (χ0) is 50.8. The molecular weight excluding hydrogens is 841 g/mol. The van der Waals surface area contributed by atoms with Crippen LogP contribution in [-0.2, 0) is 5.41 Å². The van der Waals surface area contributed by atoms with Crippen molar-refractivity contribution in [2.45, 2.75) is 87.5 Å². The number of para-hydroxylation sites is 4. The number of hydrogen-bond donors (Lipinski definition) is 0. The van der Waals surface area contributed by atoms with Crippen LogP contribution in [0.4, 0.5) is 0 Å². The van der Waals surface area contributed by atoms with Gasteiger partial charge < -0.3 is 28.4 Å². The summed E-state index contributed by atoms with van der Waals surface area (Å²) < 4.78 is 27.6. The Labute approximate surface area is 399 Å². The monoisotopic (exact) mass is 902 g/mol. The molecule has 348 valence electrons. The van der Waals surface area contributed by atoms with Crippen LogP contribution in [0.15, 0.2) is 170 Å². The third-order valence-corrected chi connectivity index (χ3v) is 7.11. The highest BCUT2D eigenvalue weighted by Gasteiger charge is 2.23. The second kappa shape index (κ2) is 45.1. The molecule has 0 fully saturated rings. The Morgan fingerprint density at radius 1 is 0.299 bits per heavy atom. The van der Waals surface area contributed by atoms with Gasteiger partial charge in [-0.1, -0.05) is 179 Å². The van der Waals surface area contributed by atoms with E-state index in [0.717, 1.165) is 11.1 Å². The molecule has 0 aliphatic rings. The lowest BCUT2D eigenvalue weighted by molar-refractivity contribution is 0.505. The van der Waals surface area contributed by atoms with Crippen molar-refractivity contribution in [3.05, 3.63) is 181 Å². The fourth-order valence-electron chi connectivity index (χ4n) is 4.32. The van der Waals surface area contributed by atoms with Crippen LogP contribution in [0, 0.1) is 69.1 Å². The van der Waals surface area contributed by atoms with Crippen molar-refractivity contribution in [1.29, 1.82) is 31.6 Å². The molecule has 0 saturated carbocycles. The normalized spacial score (nSPS) is 8.18. The van der Waals surface area contributed by atoms with E-state index >= 15 is 0 Å². The van der Waals surface area contributed by atoms with Crippen LogP contribution < -0.4 is 28.4 Å². The molecule has 12 heteroatoms. The zero-order valence-corrected chi connectivity index (χ0v) is 40.2. The molecule has 0 N–H and O–H groups in total. The summed E-state index contributed by atoms with van der Waals surface area (Å²) in [5.74, 6) is 3.38. The number of nitriles is 6. The van der Waals surface area contributed by atoms with Crippen molar-refractivity contribution in [2.24, 2.45) is 0 Å². The van der Waals surface area contributed by atoms with Gasteiger partial charge in [-0.3, -0.25) is 0 Å². The highest BCUT2D eigenvalue weighted by molar-refractivity contribution is 5.42. The average molecular weight is 903 g/mol. The molecule has 0 aromatic heterocycles. The molecule has 0 amide bonds. The van der Waals surface area contributed by atoms with Crippen LogP contribution in [0.25, 0.3) is 0 Å². The summed E-state index contributed by atoms with van der Waals surface area (Å²) in [6, 6.07) is 50.6. The minimum Gasteiger partial charge on any atom is -0.388 e. The van der Waals surface area contributed by atoms with Crippen LogP contribution >= 0.6 is 0 Å². The Balaban J connectivity index is -0.000000763. The number of rotatable bonds is 8. The maximum atomic E-state index is 8.49. The molecule has 0 saturated heterocycles. The lowest BCUT2D eigenvalue weighted by atomic mass is 9.78. The fourth-order valence-corrected chi connectivity index (χ4v) is 4.32. The maximum absolute atomic E-state index is 8.49. The van der Waals surface area contributed by atoms with E-state index in [2.05, 4.69) is 60.5 Å². The zero-order valence-electron chi connectivity index (χ0n) is 40.2. The van der Waals surface area contributed by atoms with Gasteiger partial charge in [-0.15, -0.1) is 31.6 Å². The molecule has 67 heavy (non-hydrogen) atoms. The first kappa shape index (κ1) is 62.4. The standard InChI is InChI=1S/C17H14N2O2.4C7H5NO.2C3H8.2C2H6/c1-17(2,13-3-7-15(8-4-13)20-11-18)14-5-9-16(10-6-14)21-12-19;4*8-6-9-7-4-2-1-3-5-7;2*1-3-2;2*1-2/h3-10H,1-2H3;4*1-5H;2*3H2,1-2H3;2*1-2H3. The smallest absolute Gasteiger partial charge is 0.292 e. The van der Waals surface area contributed by atoms with Crippen LogP contribution in [0.1, 0.15) is 93.2 Å². The van der Waals surface area contributed by atoms with Crippen molar-refractivity contribution >= 4 is 0 Å². The molecule has 6 aromatic rings. The molecular formula is C55H62N6O6.